The van der Waals surface area contributed by atoms with Gasteiger partial charge in [-0.15, -0.1) is 0 Å². The highest BCUT2D eigenvalue weighted by atomic mass is 32.2. The largest absolute Gasteiger partial charge is 0.496 e. The number of methoxy groups -OCH3 is 1. The van der Waals surface area contributed by atoms with Gasteiger partial charge in [0.05, 0.1) is 13.2 Å². The summed E-state index contributed by atoms with van der Waals surface area (Å²) in [5.74, 6) is 1.92. The Hall–Kier alpha value is -0.740. The smallest absolute Gasteiger partial charge is 0.129 e. The monoisotopic (exact) mass is 242 g/mol. The van der Waals surface area contributed by atoms with E-state index in [-0.39, 0.29) is 11.7 Å². The average Bonchev–Trinajstić information content (AvgIpc) is 2.41. The number of aliphatic hydroxyl groups excluding tert-OH is 1. The molecule has 1 aliphatic rings. The molecule has 0 aromatic heterocycles. The van der Waals surface area contributed by atoms with E-state index in [1.807, 2.05) is 6.92 Å². The number of ether oxygens (including phenoxy) is 1. The van der Waals surface area contributed by atoms with Crippen LogP contribution in [-0.2, 0) is 5.75 Å². The number of halogens is 1. The number of fused-ring (bicyclic) bond motifs is 1. The predicted octanol–water partition coefficient (Wildman–Crippen LogP) is 2.75. The number of thioether (sulfide) groups is 1. The molecule has 0 bridgehead atoms. The molecule has 1 aromatic rings. The molecule has 1 aliphatic heterocycles. The standard InChI is InChI=1S/C12H15FO2S/c1-7-5-16-6-8-10(15-2)4-3-9(13)11(8)12(7)14/h3-4,7,12,14H,5-6H2,1-2H3. The Morgan fingerprint density at radius 3 is 2.94 bits per heavy atom. The Labute approximate surface area is 98.8 Å². The molecule has 0 radical (unpaired) electrons. The molecule has 2 nitrogen and oxygen atoms in total. The van der Waals surface area contributed by atoms with E-state index in [0.29, 0.717) is 17.1 Å². The van der Waals surface area contributed by atoms with Gasteiger partial charge in [0.1, 0.15) is 11.6 Å². The van der Waals surface area contributed by atoms with E-state index in [1.165, 1.54) is 6.07 Å². The van der Waals surface area contributed by atoms with Crippen molar-refractivity contribution < 1.29 is 14.2 Å². The second-order valence-corrected chi connectivity index (χ2v) is 5.11. The maximum absolute atomic E-state index is 13.8. The van der Waals surface area contributed by atoms with Gasteiger partial charge in [-0.3, -0.25) is 0 Å². The molecule has 88 valence electrons. The molecule has 1 heterocycles. The summed E-state index contributed by atoms with van der Waals surface area (Å²) < 4.78 is 19.0. The Kier molecular flexibility index (Phi) is 3.40. The summed E-state index contributed by atoms with van der Waals surface area (Å²) >= 11 is 1.70. The van der Waals surface area contributed by atoms with Crippen molar-refractivity contribution in [1.29, 1.82) is 0 Å². The molecule has 0 aliphatic carbocycles. The van der Waals surface area contributed by atoms with Gasteiger partial charge in [0.2, 0.25) is 0 Å². The van der Waals surface area contributed by atoms with Gasteiger partial charge in [-0.25, -0.2) is 4.39 Å². The molecule has 0 amide bonds. The zero-order chi connectivity index (χ0) is 11.7. The fourth-order valence-corrected chi connectivity index (χ4v) is 3.17. The van der Waals surface area contributed by atoms with E-state index in [0.717, 1.165) is 11.3 Å². The topological polar surface area (TPSA) is 29.5 Å². The predicted molar refractivity (Wildman–Crippen MR) is 63.2 cm³/mol. The normalized spacial score (nSPS) is 24.8. The lowest BCUT2D eigenvalue weighted by Crippen LogP contribution is -2.12. The van der Waals surface area contributed by atoms with E-state index in [4.69, 9.17) is 4.74 Å². The van der Waals surface area contributed by atoms with Gasteiger partial charge in [0.25, 0.3) is 0 Å². The minimum Gasteiger partial charge on any atom is -0.496 e. The van der Waals surface area contributed by atoms with Crippen LogP contribution in [0.3, 0.4) is 0 Å². The summed E-state index contributed by atoms with van der Waals surface area (Å²) in [4.78, 5) is 0. The highest BCUT2D eigenvalue weighted by molar-refractivity contribution is 7.98. The van der Waals surface area contributed by atoms with Gasteiger partial charge < -0.3 is 9.84 Å². The highest BCUT2D eigenvalue weighted by Gasteiger charge is 2.28. The van der Waals surface area contributed by atoms with Gasteiger partial charge in [0.15, 0.2) is 0 Å². The van der Waals surface area contributed by atoms with Gasteiger partial charge in [-0.2, -0.15) is 11.8 Å². The van der Waals surface area contributed by atoms with Gasteiger partial charge in [-0.05, 0) is 23.8 Å². The van der Waals surface area contributed by atoms with Crippen LogP contribution in [-0.4, -0.2) is 18.0 Å². The lowest BCUT2D eigenvalue weighted by Gasteiger charge is -2.19. The van der Waals surface area contributed by atoms with Crippen molar-refractivity contribution in [2.75, 3.05) is 12.9 Å². The molecule has 1 aromatic carbocycles. The third-order valence-electron chi connectivity index (χ3n) is 2.94. The quantitative estimate of drug-likeness (QED) is 0.821. The summed E-state index contributed by atoms with van der Waals surface area (Å²) in [5, 5.41) is 10.1. The van der Waals surface area contributed by atoms with Crippen molar-refractivity contribution in [1.82, 2.24) is 0 Å². The lowest BCUT2D eigenvalue weighted by atomic mass is 9.94. The maximum atomic E-state index is 13.8. The van der Waals surface area contributed by atoms with Crippen LogP contribution < -0.4 is 4.74 Å². The van der Waals surface area contributed by atoms with Gasteiger partial charge in [-0.1, -0.05) is 6.92 Å². The summed E-state index contributed by atoms with van der Waals surface area (Å²) in [7, 11) is 1.57. The molecule has 0 saturated carbocycles. The zero-order valence-electron chi connectivity index (χ0n) is 9.37. The third kappa shape index (κ3) is 1.92. The first-order valence-electron chi connectivity index (χ1n) is 5.26. The van der Waals surface area contributed by atoms with Crippen LogP contribution in [0.25, 0.3) is 0 Å². The summed E-state index contributed by atoms with van der Waals surface area (Å²) in [6.07, 6.45) is -0.736. The maximum Gasteiger partial charge on any atom is 0.129 e. The van der Waals surface area contributed by atoms with Crippen LogP contribution in [0, 0.1) is 11.7 Å². The minimum atomic E-state index is -0.736. The Morgan fingerprint density at radius 1 is 1.50 bits per heavy atom. The summed E-state index contributed by atoms with van der Waals surface area (Å²) in [6.45, 7) is 1.94. The van der Waals surface area contributed by atoms with E-state index in [9.17, 15) is 9.50 Å². The fourth-order valence-electron chi connectivity index (χ4n) is 2.00. The van der Waals surface area contributed by atoms with Crippen LogP contribution in [0.1, 0.15) is 24.2 Å². The van der Waals surface area contributed by atoms with Crippen molar-refractivity contribution in [3.8, 4) is 5.75 Å². The van der Waals surface area contributed by atoms with Crippen LogP contribution in [0.5, 0.6) is 5.75 Å². The molecule has 1 N–H and O–H groups in total. The van der Waals surface area contributed by atoms with Crippen molar-refractivity contribution >= 4 is 11.8 Å². The molecular weight excluding hydrogens is 227 g/mol. The highest BCUT2D eigenvalue weighted by Crippen LogP contribution is 2.39. The molecule has 2 unspecified atom stereocenters. The van der Waals surface area contributed by atoms with Crippen LogP contribution in [0.15, 0.2) is 12.1 Å². The van der Waals surface area contributed by atoms with Crippen LogP contribution in [0.2, 0.25) is 0 Å². The molecule has 0 spiro atoms. The van der Waals surface area contributed by atoms with Crippen molar-refractivity contribution in [2.45, 2.75) is 18.8 Å². The number of aliphatic hydroxyl groups is 1. The van der Waals surface area contributed by atoms with Gasteiger partial charge >= 0.3 is 0 Å². The number of hydrogen-bond acceptors (Lipinski definition) is 3. The van der Waals surface area contributed by atoms with E-state index in [1.54, 1.807) is 24.9 Å². The van der Waals surface area contributed by atoms with E-state index >= 15 is 0 Å². The first-order chi connectivity index (χ1) is 7.65. The van der Waals surface area contributed by atoms with E-state index in [2.05, 4.69) is 0 Å². The third-order valence-corrected chi connectivity index (χ3v) is 4.20. The van der Waals surface area contributed by atoms with Crippen molar-refractivity contribution in [3.63, 3.8) is 0 Å². The second-order valence-electron chi connectivity index (χ2n) is 4.08. The Balaban J connectivity index is 2.57. The van der Waals surface area contributed by atoms with Crippen molar-refractivity contribution in [2.24, 2.45) is 5.92 Å². The molecule has 2 atom stereocenters. The second kappa shape index (κ2) is 4.63. The Bertz CT molecular complexity index is 395. The van der Waals surface area contributed by atoms with E-state index < -0.39 is 6.10 Å². The molecule has 4 heteroatoms. The fraction of sp³-hybridized carbons (Fsp3) is 0.500. The molecule has 0 fully saturated rings. The number of rotatable bonds is 1. The van der Waals surface area contributed by atoms with Gasteiger partial charge in [0, 0.05) is 16.9 Å². The average molecular weight is 242 g/mol. The lowest BCUT2D eigenvalue weighted by molar-refractivity contribution is 0.125. The minimum absolute atomic E-state index is 0.0628. The van der Waals surface area contributed by atoms with Crippen LogP contribution in [0.4, 0.5) is 4.39 Å². The number of hydrogen-bond donors (Lipinski definition) is 1. The summed E-state index contributed by atoms with van der Waals surface area (Å²) in [5.41, 5.74) is 1.21. The summed E-state index contributed by atoms with van der Waals surface area (Å²) in [6, 6.07) is 2.99. The molecule has 16 heavy (non-hydrogen) atoms. The first-order valence-corrected chi connectivity index (χ1v) is 6.41. The molecule has 0 saturated heterocycles. The first kappa shape index (κ1) is 11.7. The Morgan fingerprint density at radius 2 is 2.25 bits per heavy atom. The zero-order valence-corrected chi connectivity index (χ0v) is 10.2. The molecule has 2 rings (SSSR count). The molecular formula is C12H15FO2S. The SMILES string of the molecule is COc1ccc(F)c2c1CSCC(C)C2O. The van der Waals surface area contributed by atoms with Crippen molar-refractivity contribution in [3.05, 3.63) is 29.1 Å². The number of benzene rings is 1. The van der Waals surface area contributed by atoms with Crippen LogP contribution >= 0.6 is 11.8 Å².